The number of ether oxygens (including phenoxy) is 1. The molecule has 4 nitrogen and oxygen atoms in total. The average Bonchev–Trinajstić information content (AvgIpc) is 2.41. The van der Waals surface area contributed by atoms with Crippen LogP contribution in [0.2, 0.25) is 0 Å². The Kier molecular flexibility index (Phi) is 3.86. The zero-order valence-electron chi connectivity index (χ0n) is 10.6. The Hall–Kier alpha value is -0.910. The van der Waals surface area contributed by atoms with Crippen molar-refractivity contribution in [3.05, 3.63) is 34.3 Å². The summed E-state index contributed by atoms with van der Waals surface area (Å²) in [6.07, 6.45) is 1.17. The predicted octanol–water partition coefficient (Wildman–Crippen LogP) is 1.54. The predicted molar refractivity (Wildman–Crippen MR) is 75.7 cm³/mol. The first-order valence-corrected chi connectivity index (χ1v) is 7.38. The fraction of sp³-hybridized carbons (Fsp3) is 0.500. The number of amides is 1. The smallest absolute Gasteiger partial charge is 0.246 e. The zero-order chi connectivity index (χ0) is 13.2. The molecule has 1 aromatic rings. The van der Waals surface area contributed by atoms with Crippen molar-refractivity contribution < 1.29 is 9.53 Å². The fourth-order valence-corrected chi connectivity index (χ4v) is 3.19. The molecule has 0 spiro atoms. The van der Waals surface area contributed by atoms with Gasteiger partial charge in [-0.25, -0.2) is 0 Å². The molecule has 2 atom stereocenters. The minimum atomic E-state index is 0.00370. The summed E-state index contributed by atoms with van der Waals surface area (Å²) in [5.41, 5.74) is 1.28. The van der Waals surface area contributed by atoms with E-state index in [9.17, 15) is 4.79 Å². The Balaban J connectivity index is 1.64. The van der Waals surface area contributed by atoms with Crippen LogP contribution in [-0.2, 0) is 16.1 Å². The molecule has 102 valence electrons. The maximum absolute atomic E-state index is 11.4. The number of carbonyl (C=O) groups is 1. The van der Waals surface area contributed by atoms with E-state index in [1.54, 1.807) is 0 Å². The van der Waals surface area contributed by atoms with Gasteiger partial charge in [0.1, 0.15) is 6.61 Å². The molecule has 0 radical (unpaired) electrons. The van der Waals surface area contributed by atoms with Gasteiger partial charge in [-0.05, 0) is 18.1 Å². The van der Waals surface area contributed by atoms with E-state index in [-0.39, 0.29) is 24.7 Å². The van der Waals surface area contributed by atoms with Crippen molar-refractivity contribution >= 4 is 21.8 Å². The van der Waals surface area contributed by atoms with E-state index < -0.39 is 0 Å². The summed E-state index contributed by atoms with van der Waals surface area (Å²) in [6, 6.07) is 8.41. The number of halogens is 1. The molecule has 2 fully saturated rings. The van der Waals surface area contributed by atoms with Crippen molar-refractivity contribution in [3.63, 3.8) is 0 Å². The van der Waals surface area contributed by atoms with E-state index in [4.69, 9.17) is 4.74 Å². The lowest BCUT2D eigenvalue weighted by Gasteiger charge is -2.41. The van der Waals surface area contributed by atoms with Gasteiger partial charge in [0.25, 0.3) is 0 Å². The van der Waals surface area contributed by atoms with Gasteiger partial charge in [0, 0.05) is 24.1 Å². The van der Waals surface area contributed by atoms with Crippen LogP contribution in [0.15, 0.2) is 28.7 Å². The molecular weight excluding hydrogens is 308 g/mol. The van der Waals surface area contributed by atoms with Crippen molar-refractivity contribution in [2.45, 2.75) is 25.1 Å². The molecule has 2 heterocycles. The third-order valence-corrected chi connectivity index (χ3v) is 4.53. The minimum Gasteiger partial charge on any atom is -0.366 e. The fourth-order valence-electron chi connectivity index (χ4n) is 2.78. The molecule has 0 aliphatic carbocycles. The van der Waals surface area contributed by atoms with Gasteiger partial charge in [-0.3, -0.25) is 9.69 Å². The highest BCUT2D eigenvalue weighted by molar-refractivity contribution is 9.10. The van der Waals surface area contributed by atoms with E-state index >= 15 is 0 Å². The van der Waals surface area contributed by atoms with Crippen molar-refractivity contribution in [1.29, 1.82) is 0 Å². The Morgan fingerprint density at radius 3 is 3.11 bits per heavy atom. The molecule has 0 aromatic heterocycles. The van der Waals surface area contributed by atoms with Gasteiger partial charge in [0.05, 0.1) is 12.1 Å². The lowest BCUT2D eigenvalue weighted by atomic mass is 10.00. The number of nitrogens with one attached hydrogen (secondary N) is 1. The van der Waals surface area contributed by atoms with Crippen LogP contribution >= 0.6 is 15.9 Å². The number of hydrogen-bond acceptors (Lipinski definition) is 3. The van der Waals surface area contributed by atoms with Gasteiger partial charge in [-0.1, -0.05) is 34.1 Å². The van der Waals surface area contributed by atoms with Gasteiger partial charge in [-0.2, -0.15) is 0 Å². The van der Waals surface area contributed by atoms with E-state index in [0.29, 0.717) is 0 Å². The summed E-state index contributed by atoms with van der Waals surface area (Å²) in [5.74, 6) is 0.00370. The normalized spacial score (nSPS) is 27.7. The molecule has 0 saturated carbocycles. The van der Waals surface area contributed by atoms with Crippen molar-refractivity contribution in [2.75, 3.05) is 19.7 Å². The molecule has 2 aliphatic rings. The molecule has 0 unspecified atom stereocenters. The molecule has 2 saturated heterocycles. The molecule has 0 bridgehead atoms. The van der Waals surface area contributed by atoms with Crippen LogP contribution in [-0.4, -0.2) is 42.6 Å². The number of benzene rings is 1. The van der Waals surface area contributed by atoms with Crippen LogP contribution in [0.4, 0.5) is 0 Å². The van der Waals surface area contributed by atoms with Crippen LogP contribution in [0, 0.1) is 0 Å². The van der Waals surface area contributed by atoms with Crippen molar-refractivity contribution in [2.24, 2.45) is 0 Å². The lowest BCUT2D eigenvalue weighted by Crippen LogP contribution is -2.60. The molecule has 1 aromatic carbocycles. The highest BCUT2D eigenvalue weighted by Crippen LogP contribution is 2.22. The number of nitrogens with zero attached hydrogens (tertiary/aromatic N) is 1. The summed E-state index contributed by atoms with van der Waals surface area (Å²) < 4.78 is 6.71. The number of hydrogen-bond donors (Lipinski definition) is 1. The van der Waals surface area contributed by atoms with E-state index in [2.05, 4.69) is 44.3 Å². The number of carbonyl (C=O) groups excluding carboxylic acids is 1. The summed E-state index contributed by atoms with van der Waals surface area (Å²) in [5, 5.41) is 3.03. The summed E-state index contributed by atoms with van der Waals surface area (Å²) >= 11 is 3.58. The third kappa shape index (κ3) is 2.99. The Morgan fingerprint density at radius 2 is 2.26 bits per heavy atom. The Labute approximate surface area is 121 Å². The van der Waals surface area contributed by atoms with Crippen LogP contribution in [0.1, 0.15) is 12.0 Å². The van der Waals surface area contributed by atoms with Crippen LogP contribution in [0.3, 0.4) is 0 Å². The second-order valence-electron chi connectivity index (χ2n) is 5.14. The number of fused-ring (bicyclic) bond motifs is 1. The van der Waals surface area contributed by atoms with Gasteiger partial charge in [0.2, 0.25) is 5.91 Å². The van der Waals surface area contributed by atoms with Crippen molar-refractivity contribution in [1.82, 2.24) is 10.2 Å². The number of piperidine rings is 1. The Bertz CT molecular complexity index is 480. The quantitative estimate of drug-likeness (QED) is 0.897. The van der Waals surface area contributed by atoms with Gasteiger partial charge >= 0.3 is 0 Å². The largest absolute Gasteiger partial charge is 0.366 e. The van der Waals surface area contributed by atoms with Gasteiger partial charge in [0.15, 0.2) is 0 Å². The van der Waals surface area contributed by atoms with E-state index in [1.165, 1.54) is 5.56 Å². The summed E-state index contributed by atoms with van der Waals surface area (Å²) in [6.45, 7) is 2.99. The maximum atomic E-state index is 11.4. The molecule has 1 N–H and O–H groups in total. The van der Waals surface area contributed by atoms with Crippen LogP contribution in [0.5, 0.6) is 0 Å². The molecule has 19 heavy (non-hydrogen) atoms. The molecule has 2 aliphatic heterocycles. The van der Waals surface area contributed by atoms with E-state index in [1.807, 2.05) is 6.07 Å². The first kappa shape index (κ1) is 13.1. The first-order chi connectivity index (χ1) is 9.22. The minimum absolute atomic E-state index is 0.00370. The second kappa shape index (κ2) is 5.61. The molecule has 5 heteroatoms. The zero-order valence-corrected chi connectivity index (χ0v) is 12.2. The topological polar surface area (TPSA) is 41.6 Å². The summed E-state index contributed by atoms with van der Waals surface area (Å²) in [7, 11) is 0. The van der Waals surface area contributed by atoms with Crippen LogP contribution < -0.4 is 5.32 Å². The first-order valence-electron chi connectivity index (χ1n) is 6.59. The van der Waals surface area contributed by atoms with Gasteiger partial charge in [-0.15, -0.1) is 0 Å². The molecule has 1 amide bonds. The number of likely N-dealkylation sites (tertiary alicyclic amines) is 1. The van der Waals surface area contributed by atoms with Gasteiger partial charge < -0.3 is 10.1 Å². The average molecular weight is 325 g/mol. The Morgan fingerprint density at radius 1 is 1.42 bits per heavy atom. The van der Waals surface area contributed by atoms with E-state index in [0.717, 1.165) is 30.5 Å². The highest BCUT2D eigenvalue weighted by Gasteiger charge is 2.34. The maximum Gasteiger partial charge on any atom is 0.246 e. The monoisotopic (exact) mass is 324 g/mol. The number of rotatable bonds is 2. The third-order valence-electron chi connectivity index (χ3n) is 3.76. The SMILES string of the molecule is O=C1CO[C@H]2CCN(Cc3ccccc3Br)C[C@@H]2N1. The second-order valence-corrected chi connectivity index (χ2v) is 5.99. The summed E-state index contributed by atoms with van der Waals surface area (Å²) in [4.78, 5) is 13.7. The number of morpholine rings is 1. The molecular formula is C14H17BrN2O2. The lowest BCUT2D eigenvalue weighted by molar-refractivity contribution is -0.140. The molecule has 3 rings (SSSR count). The highest BCUT2D eigenvalue weighted by atomic mass is 79.9. The van der Waals surface area contributed by atoms with Crippen molar-refractivity contribution in [3.8, 4) is 0 Å². The standard InChI is InChI=1S/C14H17BrN2O2/c15-11-4-2-1-3-10(11)7-17-6-5-13-12(8-17)16-14(18)9-19-13/h1-4,12-13H,5-9H2,(H,16,18)/t12-,13-/m0/s1. The van der Waals surface area contributed by atoms with Crippen LogP contribution in [0.25, 0.3) is 0 Å².